The molecule has 1 N–H and O–H groups in total. The van der Waals surface area contributed by atoms with Gasteiger partial charge < -0.3 is 4.74 Å². The molecule has 0 bridgehead atoms. The van der Waals surface area contributed by atoms with Crippen LogP contribution in [-0.2, 0) is 12.8 Å². The number of hydrazone groups is 1. The Morgan fingerprint density at radius 2 is 1.97 bits per heavy atom. The molecule has 4 aromatic rings. The fourth-order valence-corrected chi connectivity index (χ4v) is 5.83. The van der Waals surface area contributed by atoms with E-state index in [-0.39, 0.29) is 17.0 Å². The van der Waals surface area contributed by atoms with Crippen molar-refractivity contribution in [1.82, 2.24) is 15.0 Å². The lowest BCUT2D eigenvalue weighted by atomic mass is 9.97. The number of carbonyl (C=O) groups excluding carboxylic acids is 1. The van der Waals surface area contributed by atoms with E-state index in [1.54, 1.807) is 53.2 Å². The van der Waals surface area contributed by atoms with Crippen LogP contribution in [0.15, 0.2) is 52.4 Å². The molecular formula is C26H23N5O5S. The molecule has 1 aliphatic rings. The Hall–Kier alpha value is -4.38. The van der Waals surface area contributed by atoms with Gasteiger partial charge in [-0.1, -0.05) is 0 Å². The first-order valence-corrected chi connectivity index (χ1v) is 12.5. The third-order valence-corrected chi connectivity index (χ3v) is 7.51. The highest BCUT2D eigenvalue weighted by atomic mass is 32.1. The highest BCUT2D eigenvalue weighted by Crippen LogP contribution is 2.34. The number of aryl methyl sites for hydroxylation is 3. The number of aromatic nitrogens is 2. The summed E-state index contributed by atoms with van der Waals surface area (Å²) in [6, 6.07) is 11.0. The SMILES string of the molecule is COc1ccc(/C=N\NC(=O)c2ccc(-n3c(C)nc4sc5c(c4c3=O)CCCC5)cc2)cc1[N+](=O)[O-]. The molecule has 1 amide bonds. The van der Waals surface area contributed by atoms with Crippen molar-refractivity contribution in [2.45, 2.75) is 32.6 Å². The van der Waals surface area contributed by atoms with Gasteiger partial charge in [0.2, 0.25) is 0 Å². The predicted octanol–water partition coefficient (Wildman–Crippen LogP) is 4.32. The van der Waals surface area contributed by atoms with E-state index in [1.807, 2.05) is 0 Å². The Morgan fingerprint density at radius 1 is 1.22 bits per heavy atom. The molecule has 188 valence electrons. The van der Waals surface area contributed by atoms with Gasteiger partial charge in [0.25, 0.3) is 11.5 Å². The summed E-state index contributed by atoms with van der Waals surface area (Å²) in [5.41, 5.74) is 4.65. The Balaban J connectivity index is 1.35. The first-order chi connectivity index (χ1) is 17.9. The number of amides is 1. The molecule has 0 saturated heterocycles. The monoisotopic (exact) mass is 517 g/mol. The van der Waals surface area contributed by atoms with Crippen molar-refractivity contribution in [2.24, 2.45) is 5.10 Å². The molecule has 0 saturated carbocycles. The molecule has 0 unspecified atom stereocenters. The minimum atomic E-state index is -0.552. The second kappa shape index (κ2) is 9.94. The number of nitro benzene ring substituents is 1. The van der Waals surface area contributed by atoms with Crippen LogP contribution in [0.4, 0.5) is 5.69 Å². The summed E-state index contributed by atoms with van der Waals surface area (Å²) in [5, 5.41) is 15.8. The number of carbonyl (C=O) groups is 1. The van der Waals surface area contributed by atoms with Gasteiger partial charge in [-0.3, -0.25) is 24.3 Å². The zero-order valence-electron chi connectivity index (χ0n) is 20.2. The maximum absolute atomic E-state index is 13.5. The first kappa shape index (κ1) is 24.3. The van der Waals surface area contributed by atoms with Gasteiger partial charge in [0.15, 0.2) is 5.75 Å². The second-order valence-electron chi connectivity index (χ2n) is 8.63. The number of thiophene rings is 1. The molecule has 5 rings (SSSR count). The number of rotatable bonds is 6. The van der Waals surface area contributed by atoms with E-state index in [0.29, 0.717) is 28.0 Å². The molecule has 2 heterocycles. The average Bonchev–Trinajstić information content (AvgIpc) is 3.27. The lowest BCUT2D eigenvalue weighted by Crippen LogP contribution is -2.23. The molecule has 1 aliphatic carbocycles. The van der Waals surface area contributed by atoms with Crippen molar-refractivity contribution < 1.29 is 14.5 Å². The highest BCUT2D eigenvalue weighted by molar-refractivity contribution is 7.18. The van der Waals surface area contributed by atoms with Crippen LogP contribution < -0.4 is 15.7 Å². The van der Waals surface area contributed by atoms with Crippen LogP contribution in [0.3, 0.4) is 0 Å². The van der Waals surface area contributed by atoms with Crippen molar-refractivity contribution in [3.8, 4) is 11.4 Å². The molecule has 2 aromatic heterocycles. The summed E-state index contributed by atoms with van der Waals surface area (Å²) in [4.78, 5) is 43.4. The van der Waals surface area contributed by atoms with E-state index in [0.717, 1.165) is 36.1 Å². The third-order valence-electron chi connectivity index (χ3n) is 6.32. The van der Waals surface area contributed by atoms with Crippen molar-refractivity contribution >= 4 is 39.4 Å². The molecule has 2 aromatic carbocycles. The lowest BCUT2D eigenvalue weighted by Gasteiger charge is -2.12. The molecule has 10 nitrogen and oxygen atoms in total. The topological polar surface area (TPSA) is 129 Å². The molecule has 0 spiro atoms. The van der Waals surface area contributed by atoms with Crippen LogP contribution in [0.1, 0.15) is 45.0 Å². The lowest BCUT2D eigenvalue weighted by molar-refractivity contribution is -0.385. The number of hydrogen-bond acceptors (Lipinski definition) is 8. The van der Waals surface area contributed by atoms with Gasteiger partial charge in [-0.15, -0.1) is 11.3 Å². The fraction of sp³-hybridized carbons (Fsp3) is 0.231. The normalized spacial score (nSPS) is 13.0. The summed E-state index contributed by atoms with van der Waals surface area (Å²) in [7, 11) is 1.35. The number of fused-ring (bicyclic) bond motifs is 3. The quantitative estimate of drug-likeness (QED) is 0.230. The van der Waals surface area contributed by atoms with E-state index < -0.39 is 10.8 Å². The smallest absolute Gasteiger partial charge is 0.311 e. The van der Waals surface area contributed by atoms with E-state index in [9.17, 15) is 19.7 Å². The molecular weight excluding hydrogens is 494 g/mol. The van der Waals surface area contributed by atoms with Gasteiger partial charge in [0.1, 0.15) is 10.7 Å². The van der Waals surface area contributed by atoms with Crippen LogP contribution >= 0.6 is 11.3 Å². The number of ether oxygens (including phenoxy) is 1. The molecule has 0 radical (unpaired) electrons. The van der Waals surface area contributed by atoms with Gasteiger partial charge in [-0.2, -0.15) is 5.10 Å². The van der Waals surface area contributed by atoms with Gasteiger partial charge in [-0.25, -0.2) is 10.4 Å². The first-order valence-electron chi connectivity index (χ1n) is 11.7. The van der Waals surface area contributed by atoms with Crippen molar-refractivity contribution in [3.05, 3.63) is 90.3 Å². The van der Waals surface area contributed by atoms with Gasteiger partial charge in [0.05, 0.1) is 29.3 Å². The van der Waals surface area contributed by atoms with Gasteiger partial charge >= 0.3 is 5.69 Å². The van der Waals surface area contributed by atoms with Gasteiger partial charge in [0, 0.05) is 22.1 Å². The van der Waals surface area contributed by atoms with E-state index in [1.165, 1.54) is 30.3 Å². The summed E-state index contributed by atoms with van der Waals surface area (Å²) in [5.74, 6) is 0.260. The number of nitrogens with zero attached hydrogens (tertiary/aromatic N) is 4. The predicted molar refractivity (Wildman–Crippen MR) is 141 cm³/mol. The van der Waals surface area contributed by atoms with Crippen molar-refractivity contribution in [3.63, 3.8) is 0 Å². The number of hydrogen-bond donors (Lipinski definition) is 1. The molecule has 0 fully saturated rings. The molecule has 11 heteroatoms. The molecule has 37 heavy (non-hydrogen) atoms. The van der Waals surface area contributed by atoms with Crippen LogP contribution in [0.5, 0.6) is 5.75 Å². The molecule has 0 aliphatic heterocycles. The maximum atomic E-state index is 13.5. The zero-order chi connectivity index (χ0) is 26.1. The van der Waals surface area contributed by atoms with Crippen LogP contribution in [-0.4, -0.2) is 33.7 Å². The van der Waals surface area contributed by atoms with E-state index >= 15 is 0 Å². The second-order valence-corrected chi connectivity index (χ2v) is 9.71. The highest BCUT2D eigenvalue weighted by Gasteiger charge is 2.22. The Morgan fingerprint density at radius 3 is 2.70 bits per heavy atom. The van der Waals surface area contributed by atoms with E-state index in [4.69, 9.17) is 9.72 Å². The number of benzene rings is 2. The van der Waals surface area contributed by atoms with Crippen LogP contribution in [0.25, 0.3) is 15.9 Å². The minimum Gasteiger partial charge on any atom is -0.490 e. The third kappa shape index (κ3) is 4.60. The Labute approximate surface area is 215 Å². The standard InChI is InChI=1S/C26H23N5O5S/c1-15-28-25-23(19-5-3-4-6-22(19)37-25)26(33)30(15)18-10-8-17(9-11-18)24(32)29-27-14-16-7-12-21(36-2)20(13-16)31(34)35/h7-14H,3-6H2,1-2H3,(H,29,32)/b27-14-. The van der Waals surface area contributed by atoms with Crippen LogP contribution in [0, 0.1) is 17.0 Å². The van der Waals surface area contributed by atoms with Crippen molar-refractivity contribution in [2.75, 3.05) is 7.11 Å². The maximum Gasteiger partial charge on any atom is 0.311 e. The fourth-order valence-electron chi connectivity index (χ4n) is 4.53. The van der Waals surface area contributed by atoms with E-state index in [2.05, 4.69) is 10.5 Å². The number of nitrogens with one attached hydrogen (secondary N) is 1. The Bertz CT molecular complexity index is 1620. The zero-order valence-corrected chi connectivity index (χ0v) is 21.0. The molecule has 0 atom stereocenters. The summed E-state index contributed by atoms with van der Waals surface area (Å²) in [6.07, 6.45) is 5.42. The average molecular weight is 518 g/mol. The summed E-state index contributed by atoms with van der Waals surface area (Å²) in [6.45, 7) is 1.80. The number of methoxy groups -OCH3 is 1. The minimum absolute atomic E-state index is 0.0858. The van der Waals surface area contributed by atoms with Crippen molar-refractivity contribution in [1.29, 1.82) is 0 Å². The largest absolute Gasteiger partial charge is 0.490 e. The Kier molecular flexibility index (Phi) is 6.53. The summed E-state index contributed by atoms with van der Waals surface area (Å²) < 4.78 is 6.56. The van der Waals surface area contributed by atoms with Gasteiger partial charge in [-0.05, 0) is 74.6 Å². The van der Waals surface area contributed by atoms with Crippen LogP contribution in [0.2, 0.25) is 0 Å². The number of nitro groups is 1. The summed E-state index contributed by atoms with van der Waals surface area (Å²) >= 11 is 1.62.